The first-order valence-electron chi connectivity index (χ1n) is 10.3. The Morgan fingerprint density at radius 3 is 1.31 bits per heavy atom. The summed E-state index contributed by atoms with van der Waals surface area (Å²) in [5.74, 6) is 0. The van der Waals surface area contributed by atoms with Crippen LogP contribution in [0.5, 0.6) is 0 Å². The lowest BCUT2D eigenvalue weighted by molar-refractivity contribution is -0.0658. The highest BCUT2D eigenvalue weighted by molar-refractivity contribution is 5.71. The zero-order chi connectivity index (χ0) is 22.4. The fraction of sp³-hybridized carbons (Fsp3) is 0.905. The van der Waals surface area contributed by atoms with E-state index >= 15 is 0 Å². The van der Waals surface area contributed by atoms with Crippen LogP contribution in [0.3, 0.4) is 0 Å². The van der Waals surface area contributed by atoms with Gasteiger partial charge in [-0.15, -0.1) is 0 Å². The summed E-state index contributed by atoms with van der Waals surface area (Å²) in [5, 5.41) is 0. The summed E-state index contributed by atoms with van der Waals surface area (Å²) in [6.45, 7) is 19.7. The Balaban J connectivity index is 1.93. The van der Waals surface area contributed by atoms with Gasteiger partial charge in [0, 0.05) is 6.42 Å². The maximum Gasteiger partial charge on any atom is 0.412 e. The highest BCUT2D eigenvalue weighted by Gasteiger charge is 2.51. The molecule has 2 heterocycles. The smallest absolute Gasteiger partial charge is 0.412 e. The third-order valence-electron chi connectivity index (χ3n) is 5.48. The molecule has 0 spiro atoms. The molecule has 2 saturated heterocycles. The molecule has 2 aliphatic rings. The molecule has 0 aromatic heterocycles. The van der Waals surface area contributed by atoms with Gasteiger partial charge in [-0.1, -0.05) is 0 Å². The van der Waals surface area contributed by atoms with E-state index in [4.69, 9.17) is 18.9 Å². The number of ether oxygens (including phenoxy) is 4. The normalized spacial score (nSPS) is 26.1. The molecule has 2 amide bonds. The number of hydrogen-bond acceptors (Lipinski definition) is 6. The van der Waals surface area contributed by atoms with Gasteiger partial charge in [0.25, 0.3) is 0 Å². The Hall–Kier alpha value is -1.54. The van der Waals surface area contributed by atoms with Gasteiger partial charge in [0.15, 0.2) is 0 Å². The van der Waals surface area contributed by atoms with E-state index in [0.717, 1.165) is 0 Å². The van der Waals surface area contributed by atoms with E-state index in [9.17, 15) is 9.59 Å². The third kappa shape index (κ3) is 4.97. The molecule has 0 saturated carbocycles. The van der Waals surface area contributed by atoms with Gasteiger partial charge in [-0.2, -0.15) is 0 Å². The van der Waals surface area contributed by atoms with E-state index in [1.165, 1.54) is 0 Å². The minimum atomic E-state index is -0.731. The van der Waals surface area contributed by atoms with Crippen LogP contribution < -0.4 is 0 Å². The molecular formula is C21H38N2O6. The number of hydrogen-bond donors (Lipinski definition) is 0. The molecule has 2 rings (SSSR count). The molecule has 0 bridgehead atoms. The predicted octanol–water partition coefficient (Wildman–Crippen LogP) is 4.12. The molecule has 8 heteroatoms. The second kappa shape index (κ2) is 7.61. The van der Waals surface area contributed by atoms with Gasteiger partial charge < -0.3 is 18.9 Å². The monoisotopic (exact) mass is 414 g/mol. The number of carbonyl (C=O) groups is 2. The van der Waals surface area contributed by atoms with Crippen molar-refractivity contribution in [1.82, 2.24) is 9.80 Å². The predicted molar refractivity (Wildman–Crippen MR) is 108 cm³/mol. The molecule has 2 aliphatic heterocycles. The Labute approximate surface area is 174 Å². The molecule has 0 aliphatic carbocycles. The van der Waals surface area contributed by atoms with Crippen molar-refractivity contribution < 1.29 is 28.5 Å². The summed E-state index contributed by atoms with van der Waals surface area (Å²) < 4.78 is 22.8. The van der Waals surface area contributed by atoms with Gasteiger partial charge in [-0.3, -0.25) is 9.80 Å². The Kier molecular flexibility index (Phi) is 6.23. The van der Waals surface area contributed by atoms with E-state index < -0.39 is 46.9 Å². The molecule has 168 valence electrons. The lowest BCUT2D eigenvalue weighted by atomic mass is 10.0. The van der Waals surface area contributed by atoms with Gasteiger partial charge in [0.1, 0.15) is 23.7 Å². The largest absolute Gasteiger partial charge is 0.446 e. The molecule has 0 radical (unpaired) electrons. The van der Waals surface area contributed by atoms with Crippen LogP contribution in [0, 0.1) is 0 Å². The summed E-state index contributed by atoms with van der Waals surface area (Å²) in [5.41, 5.74) is -2.37. The summed E-state index contributed by atoms with van der Waals surface area (Å²) >= 11 is 0. The highest BCUT2D eigenvalue weighted by atomic mass is 16.6. The van der Waals surface area contributed by atoms with Gasteiger partial charge >= 0.3 is 12.2 Å². The molecule has 2 fully saturated rings. The maximum atomic E-state index is 12.8. The van der Waals surface area contributed by atoms with Crippen molar-refractivity contribution in [3.63, 3.8) is 0 Å². The van der Waals surface area contributed by atoms with Crippen molar-refractivity contribution in [1.29, 1.82) is 0 Å². The van der Waals surface area contributed by atoms with Crippen molar-refractivity contribution in [3.8, 4) is 0 Å². The first kappa shape index (κ1) is 23.7. The van der Waals surface area contributed by atoms with E-state index in [-0.39, 0.29) is 0 Å². The fourth-order valence-electron chi connectivity index (χ4n) is 4.37. The molecule has 8 nitrogen and oxygen atoms in total. The van der Waals surface area contributed by atoms with Crippen LogP contribution >= 0.6 is 0 Å². The molecule has 29 heavy (non-hydrogen) atoms. The average molecular weight is 415 g/mol. The molecule has 0 aromatic rings. The van der Waals surface area contributed by atoms with Crippen molar-refractivity contribution in [3.05, 3.63) is 0 Å². The Morgan fingerprint density at radius 2 is 1.07 bits per heavy atom. The summed E-state index contributed by atoms with van der Waals surface area (Å²) in [7, 11) is 0. The minimum absolute atomic E-state index is 0.391. The zero-order valence-electron chi connectivity index (χ0n) is 19.6. The topological polar surface area (TPSA) is 77.5 Å². The number of rotatable bonds is 4. The van der Waals surface area contributed by atoms with Crippen LogP contribution in [0.2, 0.25) is 0 Å². The second-order valence-corrected chi connectivity index (χ2v) is 10.4. The third-order valence-corrected chi connectivity index (χ3v) is 5.48. The van der Waals surface area contributed by atoms with E-state index in [2.05, 4.69) is 0 Å². The van der Waals surface area contributed by atoms with Gasteiger partial charge in [-0.05, 0) is 69.2 Å². The first-order chi connectivity index (χ1) is 13.0. The van der Waals surface area contributed by atoms with E-state index in [1.807, 2.05) is 55.4 Å². The molecule has 0 aromatic carbocycles. The molecule has 2 atom stereocenters. The quantitative estimate of drug-likeness (QED) is 0.689. The summed E-state index contributed by atoms with van der Waals surface area (Å²) in [6.07, 6.45) is -1.32. The van der Waals surface area contributed by atoms with Crippen LogP contribution in [0.1, 0.15) is 75.7 Å². The van der Waals surface area contributed by atoms with Crippen LogP contribution in [-0.4, -0.2) is 69.9 Å². The van der Waals surface area contributed by atoms with Gasteiger partial charge in [-0.25, -0.2) is 9.59 Å². The lowest BCUT2D eigenvalue weighted by Gasteiger charge is -2.38. The maximum absolute atomic E-state index is 12.8. The number of carbonyl (C=O) groups excluding carboxylic acids is 2. The van der Waals surface area contributed by atoms with E-state index in [0.29, 0.717) is 19.6 Å². The fourth-order valence-corrected chi connectivity index (χ4v) is 4.37. The van der Waals surface area contributed by atoms with Crippen LogP contribution in [0.25, 0.3) is 0 Å². The molecule has 0 unspecified atom stereocenters. The van der Waals surface area contributed by atoms with Gasteiger partial charge in [0.05, 0.1) is 24.3 Å². The van der Waals surface area contributed by atoms with Crippen molar-refractivity contribution in [2.45, 2.75) is 110 Å². The summed E-state index contributed by atoms with van der Waals surface area (Å²) in [6, 6.07) is 0. The number of nitrogens with zero attached hydrogens (tertiary/aromatic N) is 2. The zero-order valence-corrected chi connectivity index (χ0v) is 19.6. The van der Waals surface area contributed by atoms with Gasteiger partial charge in [0.2, 0.25) is 0 Å². The SMILES string of the molecule is C[C@H](C[C@H](C)OC(=O)N1C(C)(C)COC1(C)C)OC(=O)N1C(C)(C)COC1(C)C. The van der Waals surface area contributed by atoms with Crippen molar-refractivity contribution in [2.75, 3.05) is 13.2 Å². The lowest BCUT2D eigenvalue weighted by Crippen LogP contribution is -2.54. The first-order valence-corrected chi connectivity index (χ1v) is 10.3. The minimum Gasteiger partial charge on any atom is -0.446 e. The number of amides is 2. The van der Waals surface area contributed by atoms with Crippen LogP contribution in [0.4, 0.5) is 9.59 Å². The molecule has 0 N–H and O–H groups in total. The highest BCUT2D eigenvalue weighted by Crippen LogP contribution is 2.36. The second-order valence-electron chi connectivity index (χ2n) is 10.4. The van der Waals surface area contributed by atoms with Crippen LogP contribution in [0.15, 0.2) is 0 Å². The standard InChI is InChI=1S/C21H38N2O6/c1-14(28-16(24)22-18(3,4)12-26-20(22,7)8)11-15(2)29-17(25)23-19(5,6)13-27-21(23,9)10/h14-15H,11-13H2,1-10H3/t14-,15+. The summed E-state index contributed by atoms with van der Waals surface area (Å²) in [4.78, 5) is 28.8. The average Bonchev–Trinajstić information content (AvgIpc) is 2.85. The van der Waals surface area contributed by atoms with E-state index in [1.54, 1.807) is 23.6 Å². The Morgan fingerprint density at radius 1 is 0.759 bits per heavy atom. The van der Waals surface area contributed by atoms with Crippen molar-refractivity contribution in [2.24, 2.45) is 0 Å². The Bertz CT molecular complexity index is 557. The van der Waals surface area contributed by atoms with Crippen molar-refractivity contribution >= 4 is 12.2 Å². The molecular weight excluding hydrogens is 376 g/mol. The van der Waals surface area contributed by atoms with Crippen LogP contribution in [-0.2, 0) is 18.9 Å².